The van der Waals surface area contributed by atoms with E-state index in [1.54, 1.807) is 35.4 Å². The summed E-state index contributed by atoms with van der Waals surface area (Å²) in [5, 5.41) is 23.4. The minimum Gasteiger partial charge on any atom is -0.388 e. The third-order valence-corrected chi connectivity index (χ3v) is 3.82. The van der Waals surface area contributed by atoms with Gasteiger partial charge in [0.1, 0.15) is 29.5 Å². The van der Waals surface area contributed by atoms with Gasteiger partial charge in [-0.25, -0.2) is 9.97 Å². The molecule has 2 aromatic rings. The van der Waals surface area contributed by atoms with Crippen LogP contribution in [-0.2, 0) is 0 Å². The minimum absolute atomic E-state index is 0.0782. The molecule has 2 aromatic heterocycles. The molecule has 0 aliphatic carbocycles. The number of amides is 1. The molecule has 23 heavy (non-hydrogen) atoms. The van der Waals surface area contributed by atoms with Gasteiger partial charge in [-0.1, -0.05) is 6.07 Å². The number of hydrogen-bond acceptors (Lipinski definition) is 7. The summed E-state index contributed by atoms with van der Waals surface area (Å²) in [5.41, 5.74) is -1.19. The van der Waals surface area contributed by atoms with Gasteiger partial charge in [0.15, 0.2) is 0 Å². The molecule has 0 spiro atoms. The standard InChI is InChI=1S/C15H17N5O3/c21-12-7-20(13-4-6-16-10-19-13)9-15(12,23)8-18-14(22)11-3-1-2-5-17-11/h1-6,10,12,21,23H,7-9H2,(H,18,22)/t12-,15+/m1/s1. The van der Waals surface area contributed by atoms with Crippen LogP contribution in [0.1, 0.15) is 10.5 Å². The van der Waals surface area contributed by atoms with Crippen molar-refractivity contribution in [2.24, 2.45) is 0 Å². The lowest BCUT2D eigenvalue weighted by Crippen LogP contribution is -2.51. The number of anilines is 1. The molecule has 1 aliphatic heterocycles. The highest BCUT2D eigenvalue weighted by Crippen LogP contribution is 2.25. The van der Waals surface area contributed by atoms with Gasteiger partial charge in [0.05, 0.1) is 13.1 Å². The van der Waals surface area contributed by atoms with Gasteiger partial charge in [-0.15, -0.1) is 0 Å². The Hall–Kier alpha value is -2.58. The van der Waals surface area contributed by atoms with Gasteiger partial charge in [0, 0.05) is 18.9 Å². The van der Waals surface area contributed by atoms with Crippen LogP contribution in [-0.4, -0.2) is 62.4 Å². The number of β-amino-alcohol motifs (C(OH)–C–C–N with tert-alkyl or cyclic N) is 2. The fourth-order valence-corrected chi connectivity index (χ4v) is 2.52. The Bertz CT molecular complexity index is 669. The van der Waals surface area contributed by atoms with E-state index in [1.165, 1.54) is 12.5 Å². The summed E-state index contributed by atoms with van der Waals surface area (Å²) >= 11 is 0. The van der Waals surface area contributed by atoms with Gasteiger partial charge in [-0.3, -0.25) is 9.78 Å². The number of carbonyl (C=O) groups is 1. The monoisotopic (exact) mass is 315 g/mol. The zero-order chi connectivity index (χ0) is 16.3. The molecule has 3 heterocycles. The molecule has 1 saturated heterocycles. The zero-order valence-corrected chi connectivity index (χ0v) is 12.3. The van der Waals surface area contributed by atoms with E-state index < -0.39 is 17.6 Å². The average Bonchev–Trinajstić information content (AvgIpc) is 2.90. The molecule has 0 saturated carbocycles. The van der Waals surface area contributed by atoms with Crippen LogP contribution in [0.3, 0.4) is 0 Å². The van der Waals surface area contributed by atoms with Gasteiger partial charge in [-0.2, -0.15) is 0 Å². The molecule has 8 heteroatoms. The van der Waals surface area contributed by atoms with E-state index in [-0.39, 0.29) is 25.3 Å². The Morgan fingerprint density at radius 2 is 2.22 bits per heavy atom. The molecule has 3 rings (SSSR count). The van der Waals surface area contributed by atoms with Crippen molar-refractivity contribution in [2.45, 2.75) is 11.7 Å². The topological polar surface area (TPSA) is 111 Å². The second-order valence-electron chi connectivity index (χ2n) is 5.47. The van der Waals surface area contributed by atoms with Crippen molar-refractivity contribution in [2.75, 3.05) is 24.5 Å². The zero-order valence-electron chi connectivity index (χ0n) is 12.3. The normalized spacial score (nSPS) is 23.7. The van der Waals surface area contributed by atoms with Crippen molar-refractivity contribution in [1.29, 1.82) is 0 Å². The van der Waals surface area contributed by atoms with Crippen LogP contribution in [0, 0.1) is 0 Å². The number of aliphatic hydroxyl groups is 2. The number of nitrogens with zero attached hydrogens (tertiary/aromatic N) is 4. The second kappa shape index (κ2) is 6.27. The summed E-state index contributed by atoms with van der Waals surface area (Å²) in [6.45, 7) is 0.311. The predicted octanol–water partition coefficient (Wildman–Crippen LogP) is -0.786. The maximum Gasteiger partial charge on any atom is 0.269 e. The lowest BCUT2D eigenvalue weighted by atomic mass is 10.0. The fourth-order valence-electron chi connectivity index (χ4n) is 2.52. The molecular formula is C15H17N5O3. The SMILES string of the molecule is O=C(NC[C@]1(O)CN(c2ccncn2)C[C@H]1O)c1ccccn1. The van der Waals surface area contributed by atoms with Crippen LogP contribution < -0.4 is 10.2 Å². The molecule has 0 bridgehead atoms. The van der Waals surface area contributed by atoms with Gasteiger partial charge >= 0.3 is 0 Å². The Labute approximate surface area is 132 Å². The van der Waals surface area contributed by atoms with Crippen LogP contribution in [0.2, 0.25) is 0 Å². The van der Waals surface area contributed by atoms with Crippen molar-refractivity contribution in [3.05, 3.63) is 48.7 Å². The summed E-state index contributed by atoms with van der Waals surface area (Å²) in [6.07, 6.45) is 3.52. The summed E-state index contributed by atoms with van der Waals surface area (Å²) in [4.78, 5) is 25.6. The quantitative estimate of drug-likeness (QED) is 0.678. The van der Waals surface area contributed by atoms with E-state index in [0.29, 0.717) is 5.82 Å². The number of aliphatic hydroxyl groups excluding tert-OH is 1. The first-order chi connectivity index (χ1) is 11.1. The lowest BCUT2D eigenvalue weighted by Gasteiger charge is -2.26. The highest BCUT2D eigenvalue weighted by Gasteiger charge is 2.45. The van der Waals surface area contributed by atoms with Gasteiger partial charge in [0.2, 0.25) is 0 Å². The molecule has 0 aromatic carbocycles. The number of carbonyl (C=O) groups excluding carboxylic acids is 1. The van der Waals surface area contributed by atoms with Crippen molar-refractivity contribution in [1.82, 2.24) is 20.3 Å². The number of rotatable bonds is 4. The molecule has 120 valence electrons. The Balaban J connectivity index is 1.64. The lowest BCUT2D eigenvalue weighted by molar-refractivity contribution is -0.0364. The van der Waals surface area contributed by atoms with Gasteiger partial charge in [-0.05, 0) is 18.2 Å². The van der Waals surface area contributed by atoms with E-state index in [0.717, 1.165) is 0 Å². The van der Waals surface area contributed by atoms with E-state index in [4.69, 9.17) is 0 Å². The number of pyridine rings is 1. The molecule has 0 radical (unpaired) electrons. The third kappa shape index (κ3) is 3.27. The first-order valence-electron chi connectivity index (χ1n) is 7.19. The molecule has 1 amide bonds. The van der Waals surface area contributed by atoms with E-state index in [9.17, 15) is 15.0 Å². The van der Waals surface area contributed by atoms with Crippen molar-refractivity contribution in [3.8, 4) is 0 Å². The molecular weight excluding hydrogens is 298 g/mol. The Morgan fingerprint density at radius 1 is 1.35 bits per heavy atom. The first kappa shape index (κ1) is 15.3. The number of aromatic nitrogens is 3. The van der Waals surface area contributed by atoms with E-state index in [1.807, 2.05) is 0 Å². The second-order valence-corrected chi connectivity index (χ2v) is 5.47. The van der Waals surface area contributed by atoms with Crippen molar-refractivity contribution < 1.29 is 15.0 Å². The molecule has 1 fully saturated rings. The minimum atomic E-state index is -1.45. The predicted molar refractivity (Wildman–Crippen MR) is 81.8 cm³/mol. The smallest absolute Gasteiger partial charge is 0.269 e. The fraction of sp³-hybridized carbons (Fsp3) is 0.333. The Morgan fingerprint density at radius 3 is 2.91 bits per heavy atom. The molecule has 2 atom stereocenters. The van der Waals surface area contributed by atoms with Crippen molar-refractivity contribution in [3.63, 3.8) is 0 Å². The first-order valence-corrected chi connectivity index (χ1v) is 7.19. The highest BCUT2D eigenvalue weighted by molar-refractivity contribution is 5.92. The maximum atomic E-state index is 12.0. The van der Waals surface area contributed by atoms with Crippen LogP contribution in [0.25, 0.3) is 0 Å². The molecule has 1 aliphatic rings. The largest absolute Gasteiger partial charge is 0.388 e. The molecule has 0 unspecified atom stereocenters. The Kier molecular flexibility index (Phi) is 4.18. The van der Waals surface area contributed by atoms with Gasteiger partial charge < -0.3 is 20.4 Å². The van der Waals surface area contributed by atoms with Gasteiger partial charge in [0.25, 0.3) is 5.91 Å². The van der Waals surface area contributed by atoms with E-state index >= 15 is 0 Å². The third-order valence-electron chi connectivity index (χ3n) is 3.82. The average molecular weight is 315 g/mol. The molecule has 8 nitrogen and oxygen atoms in total. The maximum absolute atomic E-state index is 12.0. The number of hydrogen-bond donors (Lipinski definition) is 3. The van der Waals surface area contributed by atoms with Crippen LogP contribution in [0.4, 0.5) is 5.82 Å². The summed E-state index contributed by atoms with van der Waals surface area (Å²) < 4.78 is 0. The van der Waals surface area contributed by atoms with Crippen LogP contribution in [0.15, 0.2) is 43.0 Å². The summed E-state index contributed by atoms with van der Waals surface area (Å²) in [6, 6.07) is 6.70. The van der Waals surface area contributed by atoms with Crippen LogP contribution >= 0.6 is 0 Å². The summed E-state index contributed by atoms with van der Waals surface area (Å²) in [5.74, 6) is 0.220. The highest BCUT2D eigenvalue weighted by atomic mass is 16.3. The van der Waals surface area contributed by atoms with Crippen LogP contribution in [0.5, 0.6) is 0 Å². The summed E-state index contributed by atoms with van der Waals surface area (Å²) in [7, 11) is 0. The van der Waals surface area contributed by atoms with Crippen molar-refractivity contribution >= 4 is 11.7 Å². The van der Waals surface area contributed by atoms with E-state index in [2.05, 4.69) is 20.3 Å². The molecule has 3 N–H and O–H groups in total. The number of nitrogens with one attached hydrogen (secondary N) is 1.